The van der Waals surface area contributed by atoms with E-state index >= 15 is 0 Å². The number of piperazine rings is 1. The van der Waals surface area contributed by atoms with E-state index in [4.69, 9.17) is 0 Å². The Morgan fingerprint density at radius 2 is 1.70 bits per heavy atom. The van der Waals surface area contributed by atoms with E-state index in [1.807, 2.05) is 18.2 Å². The first-order chi connectivity index (χ1) is 13.0. The van der Waals surface area contributed by atoms with Crippen molar-refractivity contribution in [3.63, 3.8) is 0 Å². The average molecular weight is 368 g/mol. The van der Waals surface area contributed by atoms with Crippen LogP contribution in [0.2, 0.25) is 0 Å². The van der Waals surface area contributed by atoms with Gasteiger partial charge in [0.15, 0.2) is 6.54 Å². The lowest BCUT2D eigenvalue weighted by Gasteiger charge is -2.29. The SMILES string of the molecule is Cc1cccc(C[NH+]2CC[NH+](CC(=O)Nc3ccccc3C(C)C)CC2)c1. The monoisotopic (exact) mass is 367 g/mol. The molecule has 0 aliphatic carbocycles. The van der Waals surface area contributed by atoms with Crippen LogP contribution in [0.15, 0.2) is 48.5 Å². The number of hydrogen-bond acceptors (Lipinski definition) is 1. The topological polar surface area (TPSA) is 38.0 Å². The second-order valence-electron chi connectivity index (χ2n) is 8.13. The summed E-state index contributed by atoms with van der Waals surface area (Å²) in [6.07, 6.45) is 0. The molecule has 144 valence electrons. The van der Waals surface area contributed by atoms with Crippen molar-refractivity contribution >= 4 is 11.6 Å². The fraction of sp³-hybridized carbons (Fsp3) is 0.435. The number of aryl methyl sites for hydroxylation is 1. The molecular formula is C23H33N3O+2. The van der Waals surface area contributed by atoms with Crippen LogP contribution in [0.4, 0.5) is 5.69 Å². The largest absolute Gasteiger partial charge is 0.322 e. The molecule has 0 spiro atoms. The molecule has 2 aromatic carbocycles. The summed E-state index contributed by atoms with van der Waals surface area (Å²) in [4.78, 5) is 15.5. The summed E-state index contributed by atoms with van der Waals surface area (Å²) in [6, 6.07) is 16.9. The average Bonchev–Trinajstić information content (AvgIpc) is 2.63. The molecule has 4 nitrogen and oxygen atoms in total. The first kappa shape index (κ1) is 19.6. The number of para-hydroxylation sites is 1. The number of nitrogens with one attached hydrogen (secondary N) is 3. The van der Waals surface area contributed by atoms with Gasteiger partial charge in [0.2, 0.25) is 0 Å². The third-order valence-electron chi connectivity index (χ3n) is 5.47. The maximum absolute atomic E-state index is 12.5. The molecule has 0 bridgehead atoms. The molecule has 1 amide bonds. The van der Waals surface area contributed by atoms with Gasteiger partial charge in [0.05, 0.1) is 0 Å². The van der Waals surface area contributed by atoms with Crippen molar-refractivity contribution in [2.45, 2.75) is 33.2 Å². The Hall–Kier alpha value is -2.17. The fourth-order valence-corrected chi connectivity index (χ4v) is 3.96. The van der Waals surface area contributed by atoms with Crippen molar-refractivity contribution in [3.8, 4) is 0 Å². The number of benzene rings is 2. The third kappa shape index (κ3) is 5.65. The molecule has 0 unspecified atom stereocenters. The Morgan fingerprint density at radius 1 is 1.00 bits per heavy atom. The van der Waals surface area contributed by atoms with E-state index in [0.717, 1.165) is 38.4 Å². The van der Waals surface area contributed by atoms with Crippen LogP contribution in [0.1, 0.15) is 36.5 Å². The smallest absolute Gasteiger partial charge is 0.279 e. The molecule has 1 saturated heterocycles. The minimum absolute atomic E-state index is 0.125. The number of anilines is 1. The van der Waals surface area contributed by atoms with Crippen LogP contribution in [0.5, 0.6) is 0 Å². The highest BCUT2D eigenvalue weighted by atomic mass is 16.2. The molecule has 3 N–H and O–H groups in total. The Morgan fingerprint density at radius 3 is 2.41 bits per heavy atom. The van der Waals surface area contributed by atoms with Gasteiger partial charge >= 0.3 is 0 Å². The summed E-state index contributed by atoms with van der Waals surface area (Å²) in [5.41, 5.74) is 4.90. The number of rotatable bonds is 6. The summed E-state index contributed by atoms with van der Waals surface area (Å²) in [6.45, 7) is 12.5. The van der Waals surface area contributed by atoms with Gasteiger partial charge in [-0.2, -0.15) is 0 Å². The van der Waals surface area contributed by atoms with Gasteiger partial charge in [-0.1, -0.05) is 61.9 Å². The van der Waals surface area contributed by atoms with Crippen LogP contribution in [-0.4, -0.2) is 38.6 Å². The molecule has 27 heavy (non-hydrogen) atoms. The van der Waals surface area contributed by atoms with Crippen LogP contribution in [0.3, 0.4) is 0 Å². The van der Waals surface area contributed by atoms with Gasteiger partial charge in [-0.15, -0.1) is 0 Å². The maximum atomic E-state index is 12.5. The molecule has 1 fully saturated rings. The van der Waals surface area contributed by atoms with Gasteiger partial charge in [0, 0.05) is 11.3 Å². The lowest BCUT2D eigenvalue weighted by atomic mass is 10.0. The highest BCUT2D eigenvalue weighted by molar-refractivity contribution is 5.92. The molecule has 0 atom stereocenters. The molecule has 1 heterocycles. The van der Waals surface area contributed by atoms with Crippen molar-refractivity contribution in [1.82, 2.24) is 0 Å². The van der Waals surface area contributed by atoms with Crippen molar-refractivity contribution < 1.29 is 14.6 Å². The summed E-state index contributed by atoms with van der Waals surface area (Å²) < 4.78 is 0. The highest BCUT2D eigenvalue weighted by Crippen LogP contribution is 2.23. The summed E-state index contributed by atoms with van der Waals surface area (Å²) in [5.74, 6) is 0.530. The Labute approximate surface area is 163 Å². The van der Waals surface area contributed by atoms with Crippen molar-refractivity contribution in [2.24, 2.45) is 0 Å². The van der Waals surface area contributed by atoms with Crippen LogP contribution in [0, 0.1) is 6.92 Å². The van der Waals surface area contributed by atoms with Gasteiger partial charge in [-0.25, -0.2) is 0 Å². The second kappa shape index (κ2) is 9.16. The number of hydrogen-bond donors (Lipinski definition) is 3. The number of carbonyl (C=O) groups is 1. The first-order valence-corrected chi connectivity index (χ1v) is 10.1. The molecule has 1 aliphatic heterocycles. The molecule has 3 rings (SSSR count). The van der Waals surface area contributed by atoms with E-state index in [0.29, 0.717) is 12.5 Å². The normalized spacial score (nSPS) is 19.9. The molecule has 2 aromatic rings. The van der Waals surface area contributed by atoms with Crippen LogP contribution in [0.25, 0.3) is 0 Å². The van der Waals surface area contributed by atoms with E-state index in [9.17, 15) is 4.79 Å². The summed E-state index contributed by atoms with van der Waals surface area (Å²) >= 11 is 0. The Kier molecular flexibility index (Phi) is 6.64. The van der Waals surface area contributed by atoms with Gasteiger partial charge in [0.1, 0.15) is 32.7 Å². The molecule has 0 saturated carbocycles. The zero-order valence-electron chi connectivity index (χ0n) is 16.8. The van der Waals surface area contributed by atoms with E-state index in [-0.39, 0.29) is 5.91 Å². The molecule has 1 aliphatic rings. The quantitative estimate of drug-likeness (QED) is 0.701. The second-order valence-corrected chi connectivity index (χ2v) is 8.13. The lowest BCUT2D eigenvalue weighted by Crippen LogP contribution is -3.28. The maximum Gasteiger partial charge on any atom is 0.279 e. The van der Waals surface area contributed by atoms with Crippen molar-refractivity contribution in [3.05, 3.63) is 65.2 Å². The van der Waals surface area contributed by atoms with Crippen LogP contribution < -0.4 is 15.1 Å². The van der Waals surface area contributed by atoms with E-state index in [1.54, 1.807) is 4.90 Å². The first-order valence-electron chi connectivity index (χ1n) is 10.1. The van der Waals surface area contributed by atoms with Crippen LogP contribution >= 0.6 is 0 Å². The predicted octanol–water partition coefficient (Wildman–Crippen LogP) is 1.04. The molecule has 0 radical (unpaired) electrons. The zero-order chi connectivity index (χ0) is 19.2. The lowest BCUT2D eigenvalue weighted by molar-refractivity contribution is -1.02. The van der Waals surface area contributed by atoms with E-state index in [2.05, 4.69) is 56.4 Å². The fourth-order valence-electron chi connectivity index (χ4n) is 3.96. The molecule has 4 heteroatoms. The number of quaternary nitrogens is 2. The van der Waals surface area contributed by atoms with Crippen molar-refractivity contribution in [1.29, 1.82) is 0 Å². The van der Waals surface area contributed by atoms with Gasteiger partial charge in [-0.05, 0) is 24.5 Å². The minimum Gasteiger partial charge on any atom is -0.322 e. The third-order valence-corrected chi connectivity index (χ3v) is 5.47. The summed E-state index contributed by atoms with van der Waals surface area (Å²) in [7, 11) is 0. The number of amides is 1. The Bertz CT molecular complexity index is 764. The van der Waals surface area contributed by atoms with Gasteiger partial charge in [0.25, 0.3) is 5.91 Å². The van der Waals surface area contributed by atoms with Gasteiger partial charge < -0.3 is 15.1 Å². The number of carbonyl (C=O) groups excluding carboxylic acids is 1. The minimum atomic E-state index is 0.125. The molecule has 0 aromatic heterocycles. The van der Waals surface area contributed by atoms with Crippen LogP contribution in [-0.2, 0) is 11.3 Å². The summed E-state index contributed by atoms with van der Waals surface area (Å²) in [5, 5.41) is 3.13. The zero-order valence-corrected chi connectivity index (χ0v) is 16.8. The van der Waals surface area contributed by atoms with E-state index in [1.165, 1.54) is 21.6 Å². The highest BCUT2D eigenvalue weighted by Gasteiger charge is 2.25. The molecular weight excluding hydrogens is 334 g/mol. The Balaban J connectivity index is 1.47. The standard InChI is InChI=1S/C23H31N3O/c1-18(2)21-9-4-5-10-22(21)24-23(27)17-26-13-11-25(12-14-26)16-20-8-6-7-19(3)15-20/h4-10,15,18H,11-14,16-17H2,1-3H3,(H,24,27)/p+2. The van der Waals surface area contributed by atoms with Gasteiger partial charge in [-0.3, -0.25) is 4.79 Å². The van der Waals surface area contributed by atoms with Crippen molar-refractivity contribution in [2.75, 3.05) is 38.0 Å². The van der Waals surface area contributed by atoms with E-state index < -0.39 is 0 Å². The predicted molar refractivity (Wildman–Crippen MR) is 110 cm³/mol.